The molecule has 2 atom stereocenters. The SMILES string of the molecule is CCOC(=O)CCc1ccc(Cl)cc1C(CC)OCC(O)CNC(C)(C)CC1Cc2ccccc2C1. The molecular formula is C30H42ClNO4. The molecule has 1 aliphatic rings. The van der Waals surface area contributed by atoms with Crippen LogP contribution in [0.5, 0.6) is 0 Å². The van der Waals surface area contributed by atoms with Crippen molar-refractivity contribution in [3.63, 3.8) is 0 Å². The molecule has 0 saturated heterocycles. The van der Waals surface area contributed by atoms with E-state index in [9.17, 15) is 9.90 Å². The molecule has 1 aliphatic carbocycles. The molecule has 36 heavy (non-hydrogen) atoms. The Kier molecular flexibility index (Phi) is 10.8. The fourth-order valence-corrected chi connectivity index (χ4v) is 5.44. The average Bonchev–Trinajstić information content (AvgIpc) is 3.24. The van der Waals surface area contributed by atoms with Crippen molar-refractivity contribution in [1.29, 1.82) is 0 Å². The van der Waals surface area contributed by atoms with Gasteiger partial charge < -0.3 is 19.9 Å². The highest BCUT2D eigenvalue weighted by Crippen LogP contribution is 2.32. The van der Waals surface area contributed by atoms with Crippen molar-refractivity contribution in [3.05, 3.63) is 69.7 Å². The molecule has 0 radical (unpaired) electrons. The molecular weight excluding hydrogens is 474 g/mol. The first-order valence-corrected chi connectivity index (χ1v) is 13.6. The number of β-amino-alcohol motifs (C(OH)–C–C–N with tert-alkyl or cyclic N) is 1. The van der Waals surface area contributed by atoms with Gasteiger partial charge in [-0.15, -0.1) is 0 Å². The monoisotopic (exact) mass is 515 g/mol. The molecule has 2 N–H and O–H groups in total. The van der Waals surface area contributed by atoms with Crippen molar-refractivity contribution in [2.75, 3.05) is 19.8 Å². The topological polar surface area (TPSA) is 67.8 Å². The Morgan fingerprint density at radius 2 is 1.86 bits per heavy atom. The lowest BCUT2D eigenvalue weighted by molar-refractivity contribution is -0.143. The van der Waals surface area contributed by atoms with Gasteiger partial charge in [0.1, 0.15) is 0 Å². The first kappa shape index (κ1) is 28.6. The third kappa shape index (κ3) is 8.58. The average molecular weight is 516 g/mol. The number of carbonyl (C=O) groups is 1. The summed E-state index contributed by atoms with van der Waals surface area (Å²) < 4.78 is 11.2. The van der Waals surface area contributed by atoms with Crippen LogP contribution < -0.4 is 5.32 Å². The van der Waals surface area contributed by atoms with Gasteiger partial charge in [-0.25, -0.2) is 0 Å². The Balaban J connectivity index is 1.49. The lowest BCUT2D eigenvalue weighted by Crippen LogP contribution is -2.45. The zero-order chi connectivity index (χ0) is 26.1. The fourth-order valence-electron chi connectivity index (χ4n) is 5.26. The number of hydrogen-bond acceptors (Lipinski definition) is 5. The minimum Gasteiger partial charge on any atom is -0.466 e. The van der Waals surface area contributed by atoms with Crippen LogP contribution in [0.15, 0.2) is 42.5 Å². The summed E-state index contributed by atoms with van der Waals surface area (Å²) in [6, 6.07) is 14.4. The van der Waals surface area contributed by atoms with E-state index in [-0.39, 0.29) is 24.2 Å². The summed E-state index contributed by atoms with van der Waals surface area (Å²) in [5, 5.41) is 14.9. The van der Waals surface area contributed by atoms with Gasteiger partial charge in [0.25, 0.3) is 0 Å². The van der Waals surface area contributed by atoms with Gasteiger partial charge >= 0.3 is 5.97 Å². The number of rotatable bonds is 14. The molecule has 5 nitrogen and oxygen atoms in total. The molecule has 0 amide bonds. The first-order chi connectivity index (χ1) is 17.2. The highest BCUT2D eigenvalue weighted by molar-refractivity contribution is 6.30. The molecule has 0 heterocycles. The molecule has 2 aromatic rings. The number of aliphatic hydroxyl groups excluding tert-OH is 1. The van der Waals surface area contributed by atoms with Crippen LogP contribution in [0.4, 0.5) is 0 Å². The molecule has 0 aromatic heterocycles. The van der Waals surface area contributed by atoms with Gasteiger partial charge in [-0.1, -0.05) is 48.9 Å². The van der Waals surface area contributed by atoms with Gasteiger partial charge in [-0.3, -0.25) is 4.79 Å². The third-order valence-electron chi connectivity index (χ3n) is 6.97. The van der Waals surface area contributed by atoms with E-state index < -0.39 is 6.10 Å². The first-order valence-electron chi connectivity index (χ1n) is 13.3. The zero-order valence-corrected chi connectivity index (χ0v) is 22.9. The summed E-state index contributed by atoms with van der Waals surface area (Å²) in [6.07, 6.45) is 4.09. The van der Waals surface area contributed by atoms with Crippen LogP contribution in [0, 0.1) is 5.92 Å². The van der Waals surface area contributed by atoms with E-state index in [1.54, 1.807) is 0 Å². The molecule has 0 aliphatic heterocycles. The number of hydrogen-bond donors (Lipinski definition) is 2. The highest BCUT2D eigenvalue weighted by Gasteiger charge is 2.28. The second-order valence-corrected chi connectivity index (χ2v) is 11.0. The number of carbonyl (C=O) groups excluding carboxylic acids is 1. The predicted octanol–water partition coefficient (Wildman–Crippen LogP) is 5.84. The van der Waals surface area contributed by atoms with E-state index in [2.05, 4.69) is 43.4 Å². The smallest absolute Gasteiger partial charge is 0.306 e. The van der Waals surface area contributed by atoms with Crippen LogP contribution in [0.2, 0.25) is 5.02 Å². The second-order valence-electron chi connectivity index (χ2n) is 10.5. The van der Waals surface area contributed by atoms with Crippen LogP contribution >= 0.6 is 11.6 Å². The summed E-state index contributed by atoms with van der Waals surface area (Å²) in [5.41, 5.74) is 4.85. The van der Waals surface area contributed by atoms with Crippen molar-refractivity contribution < 1.29 is 19.4 Å². The highest BCUT2D eigenvalue weighted by atomic mass is 35.5. The Labute approximate surface area is 221 Å². The number of aryl methyl sites for hydroxylation is 1. The standard InChI is InChI=1S/C30H42ClNO4/c1-5-28(27-17-25(31)13-11-22(27)12-14-29(34)35-6-2)36-20-26(33)19-32-30(3,4)18-21-15-23-9-7-8-10-24(23)16-21/h7-11,13,17,21,26,28,32-33H,5-6,12,14-16,18-20H2,1-4H3. The fraction of sp³-hybridized carbons (Fsp3) is 0.567. The number of esters is 1. The van der Waals surface area contributed by atoms with Crippen molar-refractivity contribution in [2.45, 2.75) is 84.0 Å². The van der Waals surface area contributed by atoms with Gasteiger partial charge in [0.15, 0.2) is 0 Å². The van der Waals surface area contributed by atoms with Gasteiger partial charge in [0.2, 0.25) is 0 Å². The van der Waals surface area contributed by atoms with Gasteiger partial charge in [-0.05, 0) is 93.2 Å². The Hall–Kier alpha value is -1.92. The Morgan fingerprint density at radius 3 is 2.50 bits per heavy atom. The van der Waals surface area contributed by atoms with E-state index in [0.29, 0.717) is 36.9 Å². The van der Waals surface area contributed by atoms with Crippen LogP contribution in [0.1, 0.15) is 75.3 Å². The molecule has 0 saturated carbocycles. The van der Waals surface area contributed by atoms with Gasteiger partial charge in [0, 0.05) is 23.5 Å². The number of fused-ring (bicyclic) bond motifs is 1. The normalized spacial score (nSPS) is 15.5. The van der Waals surface area contributed by atoms with E-state index in [1.165, 1.54) is 11.1 Å². The minimum absolute atomic E-state index is 0.0783. The van der Waals surface area contributed by atoms with Gasteiger partial charge in [-0.2, -0.15) is 0 Å². The van der Waals surface area contributed by atoms with Crippen molar-refractivity contribution >= 4 is 17.6 Å². The lowest BCUT2D eigenvalue weighted by Gasteiger charge is -2.31. The summed E-state index contributed by atoms with van der Waals surface area (Å²) >= 11 is 6.29. The number of benzene rings is 2. The van der Waals surface area contributed by atoms with E-state index >= 15 is 0 Å². The predicted molar refractivity (Wildman–Crippen MR) is 145 cm³/mol. The Bertz CT molecular complexity index is 968. The summed E-state index contributed by atoms with van der Waals surface area (Å²) in [7, 11) is 0. The molecule has 2 aromatic carbocycles. The quantitative estimate of drug-likeness (QED) is 0.309. The largest absolute Gasteiger partial charge is 0.466 e. The number of ether oxygens (including phenoxy) is 2. The van der Waals surface area contributed by atoms with E-state index in [0.717, 1.165) is 36.8 Å². The molecule has 3 rings (SSSR count). The van der Waals surface area contributed by atoms with Crippen molar-refractivity contribution in [2.24, 2.45) is 5.92 Å². The molecule has 0 bridgehead atoms. The maximum Gasteiger partial charge on any atom is 0.306 e. The van der Waals surface area contributed by atoms with Crippen LogP contribution in [-0.4, -0.2) is 42.5 Å². The molecule has 2 unspecified atom stereocenters. The number of aliphatic hydroxyl groups is 1. The van der Waals surface area contributed by atoms with E-state index in [4.69, 9.17) is 21.1 Å². The van der Waals surface area contributed by atoms with Crippen molar-refractivity contribution in [1.82, 2.24) is 5.32 Å². The third-order valence-corrected chi connectivity index (χ3v) is 7.21. The molecule has 6 heteroatoms. The molecule has 198 valence electrons. The Morgan fingerprint density at radius 1 is 1.17 bits per heavy atom. The minimum atomic E-state index is -0.624. The molecule has 0 fully saturated rings. The summed E-state index contributed by atoms with van der Waals surface area (Å²) in [6.45, 7) is 9.34. The van der Waals surface area contributed by atoms with Crippen LogP contribution in [0.3, 0.4) is 0 Å². The summed E-state index contributed by atoms with van der Waals surface area (Å²) in [4.78, 5) is 11.8. The van der Waals surface area contributed by atoms with Crippen LogP contribution in [-0.2, 0) is 33.5 Å². The van der Waals surface area contributed by atoms with E-state index in [1.807, 2.05) is 32.0 Å². The van der Waals surface area contributed by atoms with Crippen molar-refractivity contribution in [3.8, 4) is 0 Å². The second kappa shape index (κ2) is 13.6. The summed E-state index contributed by atoms with van der Waals surface area (Å²) in [5.74, 6) is 0.414. The van der Waals surface area contributed by atoms with Gasteiger partial charge in [0.05, 0.1) is 25.4 Å². The van der Waals surface area contributed by atoms with Crippen LogP contribution in [0.25, 0.3) is 0 Å². The number of halogens is 1. The maximum atomic E-state index is 11.8. The maximum absolute atomic E-state index is 11.8. The lowest BCUT2D eigenvalue weighted by atomic mass is 9.88. The molecule has 0 spiro atoms. The number of nitrogens with one attached hydrogen (secondary N) is 1. The zero-order valence-electron chi connectivity index (χ0n) is 22.2.